The average Bonchev–Trinajstić information content (AvgIpc) is 3.28. The second kappa shape index (κ2) is 7.12. The monoisotopic (exact) mass is 351 g/mol. The van der Waals surface area contributed by atoms with E-state index < -0.39 is 0 Å². The summed E-state index contributed by atoms with van der Waals surface area (Å²) >= 11 is 0. The third-order valence-electron chi connectivity index (χ3n) is 7.00. The van der Waals surface area contributed by atoms with Crippen molar-refractivity contribution in [3.8, 4) is 0 Å². The van der Waals surface area contributed by atoms with Crippen molar-refractivity contribution < 1.29 is 9.63 Å². The lowest BCUT2D eigenvalue weighted by molar-refractivity contribution is -0.126. The number of hydrogen-bond acceptors (Lipinski definition) is 6. The Balaban J connectivity index is 1.31. The van der Waals surface area contributed by atoms with Gasteiger partial charge in [-0.15, -0.1) is 0 Å². The molecule has 4 N–H and O–H groups in total. The summed E-state index contributed by atoms with van der Waals surface area (Å²) in [5, 5.41) is 10.2. The normalized spacial score (nSPS) is 47.8. The van der Waals surface area contributed by atoms with Gasteiger partial charge in [0.05, 0.1) is 12.3 Å². The highest BCUT2D eigenvalue weighted by Crippen LogP contribution is 2.45. The van der Waals surface area contributed by atoms with Crippen molar-refractivity contribution in [2.45, 2.75) is 76.6 Å². The standard InChI is InChI=1S/C18H33N5O2/c1-10-20-18(25-22-10)13-4-6-14-12(8-13)5-7-15(14)21-17(24)16-9-19-11(2)23(16)3/h10-16,18-20,22H,4-9H2,1-3H3,(H,21,24)/t10?,11?,12?,13?,14?,15-,16?,18?/m1/s1. The minimum Gasteiger partial charge on any atom is -0.352 e. The lowest BCUT2D eigenvalue weighted by atomic mass is 9.74. The SMILES string of the molecule is CC1NOC(C2CCC3C(CC[C@H]3NC(=O)C3CNC(C)N3C)C2)N1. The lowest BCUT2D eigenvalue weighted by Crippen LogP contribution is -2.50. The van der Waals surface area contributed by atoms with Crippen LogP contribution in [0.4, 0.5) is 0 Å². The quantitative estimate of drug-likeness (QED) is 0.588. The van der Waals surface area contributed by atoms with E-state index in [1.807, 2.05) is 7.05 Å². The van der Waals surface area contributed by atoms with Gasteiger partial charge in [-0.25, -0.2) is 0 Å². The van der Waals surface area contributed by atoms with E-state index in [1.165, 1.54) is 25.7 Å². The number of rotatable bonds is 3. The smallest absolute Gasteiger partial charge is 0.238 e. The number of likely N-dealkylation sites (N-methyl/N-ethyl adjacent to an activating group) is 1. The molecule has 4 aliphatic rings. The second-order valence-corrected chi connectivity index (χ2v) is 8.50. The highest BCUT2D eigenvalue weighted by Gasteiger charge is 2.44. The molecule has 2 aliphatic heterocycles. The minimum absolute atomic E-state index is 0.0333. The molecule has 2 aliphatic carbocycles. The molecule has 1 amide bonds. The van der Waals surface area contributed by atoms with E-state index in [4.69, 9.17) is 4.84 Å². The Morgan fingerprint density at radius 1 is 1.16 bits per heavy atom. The van der Waals surface area contributed by atoms with Gasteiger partial charge in [0.1, 0.15) is 12.3 Å². The number of fused-ring (bicyclic) bond motifs is 1. The summed E-state index contributed by atoms with van der Waals surface area (Å²) in [6.07, 6.45) is 6.61. The fourth-order valence-electron chi connectivity index (χ4n) is 5.37. The number of nitrogens with zero attached hydrogens (tertiary/aromatic N) is 1. The van der Waals surface area contributed by atoms with Crippen LogP contribution in [0.3, 0.4) is 0 Å². The van der Waals surface area contributed by atoms with Crippen LogP contribution in [0.2, 0.25) is 0 Å². The first-order valence-electron chi connectivity index (χ1n) is 9.96. The molecule has 0 spiro atoms. The van der Waals surface area contributed by atoms with Crippen LogP contribution in [-0.4, -0.2) is 55.0 Å². The van der Waals surface area contributed by atoms with E-state index in [1.54, 1.807) is 0 Å². The van der Waals surface area contributed by atoms with Crippen molar-refractivity contribution >= 4 is 5.91 Å². The number of nitrogens with one attached hydrogen (secondary N) is 4. The maximum Gasteiger partial charge on any atom is 0.238 e. The summed E-state index contributed by atoms with van der Waals surface area (Å²) in [4.78, 5) is 20.5. The predicted octanol–water partition coefficient (Wildman–Crippen LogP) is 0.344. The van der Waals surface area contributed by atoms with E-state index in [2.05, 4.69) is 40.2 Å². The molecule has 7 unspecified atom stereocenters. The molecule has 25 heavy (non-hydrogen) atoms. The van der Waals surface area contributed by atoms with Crippen LogP contribution >= 0.6 is 0 Å². The second-order valence-electron chi connectivity index (χ2n) is 8.50. The van der Waals surface area contributed by atoms with E-state index in [0.717, 1.165) is 18.9 Å². The maximum absolute atomic E-state index is 12.7. The summed E-state index contributed by atoms with van der Waals surface area (Å²) in [5.74, 6) is 2.15. The maximum atomic E-state index is 12.7. The van der Waals surface area contributed by atoms with Gasteiger partial charge in [0.2, 0.25) is 5.91 Å². The van der Waals surface area contributed by atoms with Gasteiger partial charge in [-0.3, -0.25) is 25.2 Å². The molecular formula is C18H33N5O2. The van der Waals surface area contributed by atoms with Crippen molar-refractivity contribution in [3.05, 3.63) is 0 Å². The molecule has 0 aromatic heterocycles. The van der Waals surface area contributed by atoms with Crippen molar-refractivity contribution in [3.63, 3.8) is 0 Å². The average molecular weight is 351 g/mol. The fourth-order valence-corrected chi connectivity index (χ4v) is 5.37. The summed E-state index contributed by atoms with van der Waals surface area (Å²) < 4.78 is 0. The molecule has 7 heteroatoms. The molecule has 0 radical (unpaired) electrons. The molecule has 2 saturated carbocycles. The Morgan fingerprint density at radius 3 is 2.64 bits per heavy atom. The zero-order valence-electron chi connectivity index (χ0n) is 15.6. The zero-order valence-corrected chi connectivity index (χ0v) is 15.6. The summed E-state index contributed by atoms with van der Waals surface area (Å²) in [6, 6.07) is 0.325. The van der Waals surface area contributed by atoms with Gasteiger partial charge in [-0.2, -0.15) is 5.48 Å². The topological polar surface area (TPSA) is 77.7 Å². The van der Waals surface area contributed by atoms with Crippen LogP contribution in [0.15, 0.2) is 0 Å². The number of amides is 1. The molecule has 2 saturated heterocycles. The lowest BCUT2D eigenvalue weighted by Gasteiger charge is -2.36. The Labute approximate surface area is 150 Å². The van der Waals surface area contributed by atoms with Crippen LogP contribution in [0.5, 0.6) is 0 Å². The van der Waals surface area contributed by atoms with Gasteiger partial charge in [0.25, 0.3) is 0 Å². The largest absolute Gasteiger partial charge is 0.352 e. The summed E-state index contributed by atoms with van der Waals surface area (Å²) in [7, 11) is 2.03. The molecule has 0 bridgehead atoms. The fraction of sp³-hybridized carbons (Fsp3) is 0.944. The summed E-state index contributed by atoms with van der Waals surface area (Å²) in [6.45, 7) is 4.94. The third kappa shape index (κ3) is 3.45. The molecule has 0 aromatic rings. The highest BCUT2D eigenvalue weighted by molar-refractivity contribution is 5.82. The van der Waals surface area contributed by atoms with Crippen molar-refractivity contribution in [1.82, 2.24) is 26.3 Å². The first-order chi connectivity index (χ1) is 12.0. The van der Waals surface area contributed by atoms with Crippen molar-refractivity contribution in [1.29, 1.82) is 0 Å². The van der Waals surface area contributed by atoms with Crippen molar-refractivity contribution in [2.24, 2.45) is 17.8 Å². The first kappa shape index (κ1) is 17.7. The molecule has 7 nitrogen and oxygen atoms in total. The number of hydrogen-bond donors (Lipinski definition) is 4. The first-order valence-corrected chi connectivity index (χ1v) is 9.96. The van der Waals surface area contributed by atoms with E-state index in [-0.39, 0.29) is 30.5 Å². The molecule has 4 rings (SSSR count). The predicted molar refractivity (Wildman–Crippen MR) is 95.1 cm³/mol. The van der Waals surface area contributed by atoms with Gasteiger partial charge in [-0.1, -0.05) is 0 Å². The summed E-state index contributed by atoms with van der Waals surface area (Å²) in [5.41, 5.74) is 3.02. The number of carbonyl (C=O) groups is 1. The van der Waals surface area contributed by atoms with Crippen molar-refractivity contribution in [2.75, 3.05) is 13.6 Å². The Bertz CT molecular complexity index is 504. The molecule has 2 heterocycles. The van der Waals surface area contributed by atoms with Gasteiger partial charge >= 0.3 is 0 Å². The minimum atomic E-state index is -0.0333. The number of hydroxylamine groups is 1. The van der Waals surface area contributed by atoms with E-state index >= 15 is 0 Å². The van der Waals surface area contributed by atoms with Crippen LogP contribution in [0.25, 0.3) is 0 Å². The molecule has 0 aromatic carbocycles. The van der Waals surface area contributed by atoms with E-state index in [0.29, 0.717) is 17.9 Å². The van der Waals surface area contributed by atoms with Crippen LogP contribution in [0, 0.1) is 17.8 Å². The van der Waals surface area contributed by atoms with Crippen LogP contribution in [0.1, 0.15) is 46.0 Å². The van der Waals surface area contributed by atoms with Crippen LogP contribution in [-0.2, 0) is 9.63 Å². The van der Waals surface area contributed by atoms with E-state index in [9.17, 15) is 4.79 Å². The van der Waals surface area contributed by atoms with Gasteiger partial charge in [-0.05, 0) is 64.8 Å². The number of carbonyl (C=O) groups excluding carboxylic acids is 1. The highest BCUT2D eigenvalue weighted by atomic mass is 16.7. The molecule has 4 fully saturated rings. The third-order valence-corrected chi connectivity index (χ3v) is 7.00. The molecule has 142 valence electrons. The van der Waals surface area contributed by atoms with Crippen LogP contribution < -0.4 is 21.4 Å². The van der Waals surface area contributed by atoms with Gasteiger partial charge in [0.15, 0.2) is 0 Å². The molecule has 8 atom stereocenters. The van der Waals surface area contributed by atoms with Gasteiger partial charge < -0.3 is 5.32 Å². The zero-order chi connectivity index (χ0) is 17.6. The Morgan fingerprint density at radius 2 is 1.96 bits per heavy atom. The molecular weight excluding hydrogens is 318 g/mol. The van der Waals surface area contributed by atoms with Gasteiger partial charge in [0, 0.05) is 18.5 Å². The Kier molecular flexibility index (Phi) is 5.03. The Hall–Kier alpha value is -0.730.